The van der Waals surface area contributed by atoms with E-state index in [9.17, 15) is 26.4 Å². The molecule has 0 bridgehead atoms. The number of carbonyl (C=O) groups excluding carboxylic acids is 1. The predicted molar refractivity (Wildman–Crippen MR) is 106 cm³/mol. The molecule has 0 aromatic heterocycles. The maximum absolute atomic E-state index is 13.1. The first kappa shape index (κ1) is 22.1. The summed E-state index contributed by atoms with van der Waals surface area (Å²) in [6, 6.07) is 8.93. The molecule has 0 unspecified atom stereocenters. The summed E-state index contributed by atoms with van der Waals surface area (Å²) in [6.07, 6.45) is -2.06. The van der Waals surface area contributed by atoms with E-state index >= 15 is 0 Å². The molecule has 3 rings (SSSR count). The Hall–Kier alpha value is -2.59. The number of anilines is 1. The van der Waals surface area contributed by atoms with Gasteiger partial charge in [-0.3, -0.25) is 15.6 Å². The van der Waals surface area contributed by atoms with Crippen molar-refractivity contribution >= 4 is 21.6 Å². The Morgan fingerprint density at radius 3 is 2.37 bits per heavy atom. The SMILES string of the molecule is Cc1ccc(S(=O)(=O)N2CCCCC2)cc1C(=O)NNc1ccccc1C(F)(F)F. The highest BCUT2D eigenvalue weighted by Gasteiger charge is 2.33. The molecule has 2 aromatic carbocycles. The van der Waals surface area contributed by atoms with E-state index in [0.717, 1.165) is 25.3 Å². The van der Waals surface area contributed by atoms with Crippen LogP contribution in [-0.2, 0) is 16.2 Å². The zero-order chi connectivity index (χ0) is 21.9. The van der Waals surface area contributed by atoms with Crippen LogP contribution >= 0.6 is 0 Å². The lowest BCUT2D eigenvalue weighted by Crippen LogP contribution is -2.36. The number of hydrogen-bond donors (Lipinski definition) is 2. The van der Waals surface area contributed by atoms with Gasteiger partial charge in [-0.1, -0.05) is 24.6 Å². The van der Waals surface area contributed by atoms with Crippen LogP contribution in [0.15, 0.2) is 47.4 Å². The van der Waals surface area contributed by atoms with Gasteiger partial charge in [0.25, 0.3) is 5.91 Å². The molecule has 1 aliphatic rings. The molecule has 10 heteroatoms. The van der Waals surface area contributed by atoms with E-state index in [2.05, 4.69) is 10.9 Å². The quantitative estimate of drug-likeness (QED) is 0.689. The average Bonchev–Trinajstić information content (AvgIpc) is 2.72. The number of nitrogens with one attached hydrogen (secondary N) is 2. The predicted octanol–water partition coefficient (Wildman–Crippen LogP) is 3.95. The van der Waals surface area contributed by atoms with E-state index < -0.39 is 27.7 Å². The molecule has 162 valence electrons. The molecule has 0 aliphatic carbocycles. The van der Waals surface area contributed by atoms with Crippen LogP contribution in [0, 0.1) is 6.92 Å². The van der Waals surface area contributed by atoms with Crippen LogP contribution in [0.2, 0.25) is 0 Å². The molecule has 2 aromatic rings. The Balaban J connectivity index is 1.81. The molecule has 30 heavy (non-hydrogen) atoms. The van der Waals surface area contributed by atoms with Crippen LogP contribution in [-0.4, -0.2) is 31.7 Å². The average molecular weight is 441 g/mol. The van der Waals surface area contributed by atoms with E-state index in [1.54, 1.807) is 6.92 Å². The molecule has 0 spiro atoms. The number of halogens is 3. The Labute approximate surface area is 173 Å². The van der Waals surface area contributed by atoms with Gasteiger partial charge in [0.2, 0.25) is 10.0 Å². The molecular weight excluding hydrogens is 419 g/mol. The summed E-state index contributed by atoms with van der Waals surface area (Å²) >= 11 is 0. The Bertz CT molecular complexity index is 1030. The van der Waals surface area contributed by atoms with E-state index in [1.807, 2.05) is 0 Å². The lowest BCUT2D eigenvalue weighted by molar-refractivity contribution is -0.137. The van der Waals surface area contributed by atoms with Gasteiger partial charge in [0.1, 0.15) is 0 Å². The second-order valence-electron chi connectivity index (χ2n) is 7.06. The second kappa shape index (κ2) is 8.65. The minimum atomic E-state index is -4.59. The molecular formula is C20H22F3N3O3S. The Morgan fingerprint density at radius 1 is 1.03 bits per heavy atom. The normalized spacial score (nSPS) is 15.6. The van der Waals surface area contributed by atoms with Crippen LogP contribution in [0.1, 0.15) is 40.7 Å². The van der Waals surface area contributed by atoms with E-state index in [1.165, 1.54) is 40.7 Å². The monoisotopic (exact) mass is 441 g/mol. The van der Waals surface area contributed by atoms with Gasteiger partial charge in [0, 0.05) is 18.7 Å². The molecule has 1 fully saturated rings. The van der Waals surface area contributed by atoms with Crippen LogP contribution in [0.5, 0.6) is 0 Å². The number of hydrogen-bond acceptors (Lipinski definition) is 4. The fourth-order valence-electron chi connectivity index (χ4n) is 3.29. The summed E-state index contributed by atoms with van der Waals surface area (Å²) in [5.74, 6) is -0.736. The molecule has 1 amide bonds. The first-order valence-corrected chi connectivity index (χ1v) is 10.9. The number of aryl methyl sites for hydroxylation is 1. The topological polar surface area (TPSA) is 78.5 Å². The molecule has 6 nitrogen and oxygen atoms in total. The summed E-state index contributed by atoms with van der Waals surface area (Å²) in [7, 11) is -3.74. The van der Waals surface area contributed by atoms with Crippen molar-refractivity contribution in [3.05, 3.63) is 59.2 Å². The smallest absolute Gasteiger partial charge is 0.298 e. The van der Waals surface area contributed by atoms with Gasteiger partial charge < -0.3 is 0 Å². The highest BCUT2D eigenvalue weighted by Crippen LogP contribution is 2.34. The van der Waals surface area contributed by atoms with E-state index in [4.69, 9.17) is 0 Å². The van der Waals surface area contributed by atoms with Gasteiger partial charge >= 0.3 is 6.18 Å². The van der Waals surface area contributed by atoms with Gasteiger partial charge in [0.05, 0.1) is 16.1 Å². The summed E-state index contributed by atoms with van der Waals surface area (Å²) < 4.78 is 66.4. The summed E-state index contributed by atoms with van der Waals surface area (Å²) in [5, 5.41) is 0. The minimum Gasteiger partial charge on any atom is -0.298 e. The van der Waals surface area contributed by atoms with Crippen molar-refractivity contribution < 1.29 is 26.4 Å². The zero-order valence-electron chi connectivity index (χ0n) is 16.3. The van der Waals surface area contributed by atoms with E-state index in [-0.39, 0.29) is 16.1 Å². The van der Waals surface area contributed by atoms with Crippen LogP contribution in [0.4, 0.5) is 18.9 Å². The van der Waals surface area contributed by atoms with E-state index in [0.29, 0.717) is 18.7 Å². The van der Waals surface area contributed by atoms with Crippen molar-refractivity contribution in [2.45, 2.75) is 37.3 Å². The number of sulfonamides is 1. The third-order valence-corrected chi connectivity index (χ3v) is 6.84. The second-order valence-corrected chi connectivity index (χ2v) is 9.00. The molecule has 1 aliphatic heterocycles. The Kier molecular flexibility index (Phi) is 6.37. The fraction of sp³-hybridized carbons (Fsp3) is 0.350. The summed E-state index contributed by atoms with van der Waals surface area (Å²) in [6.45, 7) is 2.47. The van der Waals surface area contributed by atoms with Crippen molar-refractivity contribution in [1.29, 1.82) is 0 Å². The number of hydrazine groups is 1. The first-order chi connectivity index (χ1) is 14.1. The summed E-state index contributed by atoms with van der Waals surface area (Å²) in [5.41, 5.74) is 3.83. The van der Waals surface area contributed by atoms with Crippen molar-refractivity contribution in [1.82, 2.24) is 9.73 Å². The number of carbonyl (C=O) groups is 1. The highest BCUT2D eigenvalue weighted by molar-refractivity contribution is 7.89. The lowest BCUT2D eigenvalue weighted by atomic mass is 10.1. The van der Waals surface area contributed by atoms with Crippen LogP contribution in [0.25, 0.3) is 0 Å². The van der Waals surface area contributed by atoms with Gasteiger partial charge in [-0.25, -0.2) is 8.42 Å². The standard InChI is InChI=1S/C20H22F3N3O3S/c1-14-9-10-15(30(28,29)26-11-5-2-6-12-26)13-16(14)19(27)25-24-18-8-4-3-7-17(18)20(21,22)23/h3-4,7-10,13,24H,2,5-6,11-12H2,1H3,(H,25,27). The number of alkyl halides is 3. The van der Waals surface area contributed by atoms with Crippen LogP contribution in [0.3, 0.4) is 0 Å². The maximum atomic E-state index is 13.1. The van der Waals surface area contributed by atoms with Gasteiger partial charge in [0.15, 0.2) is 0 Å². The number of piperidine rings is 1. The van der Waals surface area contributed by atoms with Crippen molar-refractivity contribution in [3.8, 4) is 0 Å². The number of rotatable bonds is 5. The van der Waals surface area contributed by atoms with Crippen molar-refractivity contribution in [2.75, 3.05) is 18.5 Å². The number of benzene rings is 2. The first-order valence-electron chi connectivity index (χ1n) is 9.44. The third-order valence-electron chi connectivity index (χ3n) is 4.95. The van der Waals surface area contributed by atoms with Gasteiger partial charge in [-0.15, -0.1) is 0 Å². The zero-order valence-corrected chi connectivity index (χ0v) is 17.1. The molecule has 1 heterocycles. The molecule has 0 radical (unpaired) electrons. The van der Waals surface area contributed by atoms with Crippen molar-refractivity contribution in [3.63, 3.8) is 0 Å². The molecule has 0 saturated carbocycles. The fourth-order valence-corrected chi connectivity index (χ4v) is 4.84. The number of para-hydroxylation sites is 1. The van der Waals surface area contributed by atoms with Crippen LogP contribution < -0.4 is 10.9 Å². The van der Waals surface area contributed by atoms with Gasteiger partial charge in [-0.2, -0.15) is 17.5 Å². The maximum Gasteiger partial charge on any atom is 0.418 e. The van der Waals surface area contributed by atoms with Crippen molar-refractivity contribution in [2.24, 2.45) is 0 Å². The number of nitrogens with zero attached hydrogens (tertiary/aromatic N) is 1. The number of amides is 1. The van der Waals surface area contributed by atoms with Gasteiger partial charge in [-0.05, 0) is 49.6 Å². The molecule has 2 N–H and O–H groups in total. The Morgan fingerprint density at radius 2 is 1.70 bits per heavy atom. The molecule has 0 atom stereocenters. The third kappa shape index (κ3) is 4.76. The largest absolute Gasteiger partial charge is 0.418 e. The lowest BCUT2D eigenvalue weighted by Gasteiger charge is -2.26. The highest BCUT2D eigenvalue weighted by atomic mass is 32.2. The minimum absolute atomic E-state index is 0.0177. The molecule has 1 saturated heterocycles. The summed E-state index contributed by atoms with van der Waals surface area (Å²) in [4.78, 5) is 12.6.